The molecule has 2 spiro atoms. The van der Waals surface area contributed by atoms with Crippen molar-refractivity contribution in [3.8, 4) is 0 Å². The first-order chi connectivity index (χ1) is 10.2. The van der Waals surface area contributed by atoms with E-state index in [4.69, 9.17) is 0 Å². The highest BCUT2D eigenvalue weighted by atomic mass is 16.2. The Morgan fingerprint density at radius 2 is 1.62 bits per heavy atom. The Morgan fingerprint density at radius 3 is 2.24 bits per heavy atom. The van der Waals surface area contributed by atoms with Gasteiger partial charge in [-0.25, -0.2) is 0 Å². The molecule has 4 heteroatoms. The van der Waals surface area contributed by atoms with Crippen molar-refractivity contribution < 1.29 is 9.59 Å². The summed E-state index contributed by atoms with van der Waals surface area (Å²) in [6.07, 6.45) is 11.4. The van der Waals surface area contributed by atoms with Crippen molar-refractivity contribution in [2.24, 2.45) is 5.92 Å². The summed E-state index contributed by atoms with van der Waals surface area (Å²) < 4.78 is 0. The van der Waals surface area contributed by atoms with Crippen molar-refractivity contribution in [2.45, 2.75) is 81.7 Å². The van der Waals surface area contributed by atoms with Gasteiger partial charge in [-0.1, -0.05) is 38.5 Å². The van der Waals surface area contributed by atoms with Gasteiger partial charge in [0.1, 0.15) is 11.1 Å². The molecule has 0 aromatic carbocycles. The molecular formula is C17H26N2O2. The molecule has 4 aliphatic rings. The first-order valence-electron chi connectivity index (χ1n) is 8.81. The van der Waals surface area contributed by atoms with Crippen LogP contribution in [0.25, 0.3) is 0 Å². The predicted octanol–water partition coefficient (Wildman–Crippen LogP) is 2.37. The number of carbonyl (C=O) groups is 2. The lowest BCUT2D eigenvalue weighted by molar-refractivity contribution is -0.163. The number of piperazine rings is 1. The Balaban J connectivity index is 1.64. The van der Waals surface area contributed by atoms with Crippen LogP contribution in [0.5, 0.6) is 0 Å². The van der Waals surface area contributed by atoms with Crippen molar-refractivity contribution >= 4 is 11.8 Å². The summed E-state index contributed by atoms with van der Waals surface area (Å²) >= 11 is 0. The summed E-state index contributed by atoms with van der Waals surface area (Å²) in [5, 5.41) is 3.18. The smallest absolute Gasteiger partial charge is 0.249 e. The van der Waals surface area contributed by atoms with E-state index in [0.717, 1.165) is 70.3 Å². The van der Waals surface area contributed by atoms with Crippen molar-refractivity contribution in [2.75, 3.05) is 6.54 Å². The van der Waals surface area contributed by atoms with Gasteiger partial charge in [0.25, 0.3) is 0 Å². The topological polar surface area (TPSA) is 49.4 Å². The standard InChI is InChI=1S/C17H26N2O2/c20-14-17(10-3-4-11-17)19(12-7-13-5-6-13)15(21)16(18-14)8-1-2-9-16/h13H,1-12H2,(H,18,20). The molecule has 1 heterocycles. The lowest BCUT2D eigenvalue weighted by atomic mass is 9.82. The maximum atomic E-state index is 13.2. The fourth-order valence-electron chi connectivity index (χ4n) is 4.77. The highest BCUT2D eigenvalue weighted by Gasteiger charge is 2.59. The number of hydrogen-bond donors (Lipinski definition) is 1. The lowest BCUT2D eigenvalue weighted by Gasteiger charge is -2.50. The molecular weight excluding hydrogens is 264 g/mol. The van der Waals surface area contributed by atoms with Gasteiger partial charge in [0.05, 0.1) is 0 Å². The van der Waals surface area contributed by atoms with Crippen LogP contribution in [0.4, 0.5) is 0 Å². The Hall–Kier alpha value is -1.06. The molecule has 3 aliphatic carbocycles. The van der Waals surface area contributed by atoms with E-state index >= 15 is 0 Å². The molecule has 4 rings (SSSR count). The second kappa shape index (κ2) is 4.72. The molecule has 0 aromatic heterocycles. The van der Waals surface area contributed by atoms with Crippen molar-refractivity contribution in [1.29, 1.82) is 0 Å². The molecule has 1 N–H and O–H groups in total. The zero-order valence-corrected chi connectivity index (χ0v) is 12.8. The van der Waals surface area contributed by atoms with Crippen LogP contribution in [-0.2, 0) is 9.59 Å². The van der Waals surface area contributed by atoms with Crippen molar-refractivity contribution in [1.82, 2.24) is 10.2 Å². The van der Waals surface area contributed by atoms with Crippen molar-refractivity contribution in [3.63, 3.8) is 0 Å². The zero-order chi connectivity index (χ0) is 14.5. The SMILES string of the molecule is O=C1N(CCC2CC2)C2(CCCC2)C(=O)NC12CCCC2. The molecule has 1 aliphatic heterocycles. The minimum absolute atomic E-state index is 0.150. The van der Waals surface area contributed by atoms with E-state index in [0.29, 0.717) is 0 Å². The lowest BCUT2D eigenvalue weighted by Crippen LogP contribution is -2.74. The highest BCUT2D eigenvalue weighted by molar-refractivity contribution is 6.02. The van der Waals surface area contributed by atoms with Gasteiger partial charge in [-0.2, -0.15) is 0 Å². The molecule has 0 unspecified atom stereocenters. The molecule has 116 valence electrons. The monoisotopic (exact) mass is 290 g/mol. The molecule has 4 nitrogen and oxygen atoms in total. The fourth-order valence-corrected chi connectivity index (χ4v) is 4.77. The third-order valence-corrected chi connectivity index (χ3v) is 6.29. The Morgan fingerprint density at radius 1 is 1.00 bits per heavy atom. The number of nitrogens with zero attached hydrogens (tertiary/aromatic N) is 1. The van der Waals surface area contributed by atoms with E-state index in [1.165, 1.54) is 12.8 Å². The third kappa shape index (κ3) is 2.01. The highest BCUT2D eigenvalue weighted by Crippen LogP contribution is 2.45. The first kappa shape index (κ1) is 13.6. The van der Waals surface area contributed by atoms with Crippen LogP contribution in [-0.4, -0.2) is 34.3 Å². The first-order valence-corrected chi connectivity index (χ1v) is 8.81. The van der Waals surface area contributed by atoms with Crippen LogP contribution in [0.2, 0.25) is 0 Å². The molecule has 0 bridgehead atoms. The van der Waals surface area contributed by atoms with Crippen LogP contribution < -0.4 is 5.32 Å². The van der Waals surface area contributed by atoms with E-state index in [2.05, 4.69) is 5.32 Å². The van der Waals surface area contributed by atoms with E-state index < -0.39 is 11.1 Å². The normalized spacial score (nSPS) is 30.4. The van der Waals surface area contributed by atoms with Crippen LogP contribution in [0, 0.1) is 5.92 Å². The quantitative estimate of drug-likeness (QED) is 0.867. The molecule has 2 amide bonds. The summed E-state index contributed by atoms with van der Waals surface area (Å²) in [6, 6.07) is 0. The number of carbonyl (C=O) groups excluding carboxylic acids is 2. The zero-order valence-electron chi connectivity index (χ0n) is 12.8. The molecule has 21 heavy (non-hydrogen) atoms. The average Bonchev–Trinajstić information content (AvgIpc) is 2.98. The second-order valence-electron chi connectivity index (χ2n) is 7.67. The molecule has 0 atom stereocenters. The van der Waals surface area contributed by atoms with Gasteiger partial charge >= 0.3 is 0 Å². The number of nitrogens with one attached hydrogen (secondary N) is 1. The van der Waals surface area contributed by atoms with Gasteiger partial charge in [-0.15, -0.1) is 0 Å². The average molecular weight is 290 g/mol. The summed E-state index contributed by atoms with van der Waals surface area (Å²) in [7, 11) is 0. The van der Waals surface area contributed by atoms with Gasteiger partial charge in [-0.3, -0.25) is 9.59 Å². The molecule has 0 aromatic rings. The predicted molar refractivity (Wildman–Crippen MR) is 79.6 cm³/mol. The molecule has 3 saturated carbocycles. The maximum Gasteiger partial charge on any atom is 0.249 e. The van der Waals surface area contributed by atoms with Crippen LogP contribution >= 0.6 is 0 Å². The molecule has 4 fully saturated rings. The van der Waals surface area contributed by atoms with E-state index in [1.807, 2.05) is 4.90 Å². The minimum atomic E-state index is -0.547. The number of amides is 2. The summed E-state index contributed by atoms with van der Waals surface area (Å²) in [5.41, 5.74) is -1.05. The van der Waals surface area contributed by atoms with Gasteiger partial charge in [-0.05, 0) is 38.0 Å². The van der Waals surface area contributed by atoms with Crippen LogP contribution in [0.3, 0.4) is 0 Å². The van der Waals surface area contributed by atoms with Gasteiger partial charge in [0.2, 0.25) is 11.8 Å². The second-order valence-corrected chi connectivity index (χ2v) is 7.67. The molecule has 0 radical (unpaired) electrons. The number of hydrogen-bond acceptors (Lipinski definition) is 2. The van der Waals surface area contributed by atoms with Crippen molar-refractivity contribution in [3.05, 3.63) is 0 Å². The van der Waals surface area contributed by atoms with Gasteiger partial charge in [0.15, 0.2) is 0 Å². The van der Waals surface area contributed by atoms with E-state index in [1.54, 1.807) is 0 Å². The Labute approximate surface area is 126 Å². The van der Waals surface area contributed by atoms with Gasteiger partial charge in [0, 0.05) is 6.54 Å². The Kier molecular flexibility index (Phi) is 3.05. The number of rotatable bonds is 3. The van der Waals surface area contributed by atoms with Gasteiger partial charge < -0.3 is 10.2 Å². The Bertz CT molecular complexity index is 457. The van der Waals surface area contributed by atoms with E-state index in [-0.39, 0.29) is 11.8 Å². The summed E-state index contributed by atoms with van der Waals surface area (Å²) in [6.45, 7) is 0.804. The van der Waals surface area contributed by atoms with Crippen LogP contribution in [0.15, 0.2) is 0 Å². The van der Waals surface area contributed by atoms with E-state index in [9.17, 15) is 9.59 Å². The minimum Gasteiger partial charge on any atom is -0.340 e. The van der Waals surface area contributed by atoms with Crippen LogP contribution in [0.1, 0.15) is 70.6 Å². The maximum absolute atomic E-state index is 13.2. The molecule has 1 saturated heterocycles. The fraction of sp³-hybridized carbons (Fsp3) is 0.882. The largest absolute Gasteiger partial charge is 0.340 e. The summed E-state index contributed by atoms with van der Waals surface area (Å²) in [4.78, 5) is 28.1. The summed E-state index contributed by atoms with van der Waals surface area (Å²) in [5.74, 6) is 1.19. The third-order valence-electron chi connectivity index (χ3n) is 6.29.